The maximum absolute atomic E-state index is 6.02. The van der Waals surface area contributed by atoms with Crippen molar-refractivity contribution in [2.75, 3.05) is 18.5 Å². The molecule has 6 nitrogen and oxygen atoms in total. The molecule has 1 N–H and O–H groups in total. The summed E-state index contributed by atoms with van der Waals surface area (Å²) >= 11 is 6.02. The first-order chi connectivity index (χ1) is 13.3. The van der Waals surface area contributed by atoms with E-state index in [1.165, 1.54) is 0 Å². The first-order valence-electron chi connectivity index (χ1n) is 9.05. The molecule has 0 saturated carbocycles. The molecule has 1 fully saturated rings. The smallest absolute Gasteiger partial charge is 0.186 e. The van der Waals surface area contributed by atoms with Crippen molar-refractivity contribution in [1.29, 1.82) is 0 Å². The summed E-state index contributed by atoms with van der Waals surface area (Å²) in [5.41, 5.74) is 3.34. The maximum atomic E-state index is 6.02. The molecule has 3 heterocycles. The summed E-state index contributed by atoms with van der Waals surface area (Å²) < 4.78 is 7.52. The first kappa shape index (κ1) is 16.5. The fraction of sp³-hybridized carbons (Fsp3) is 0.250. The molecule has 5 rings (SSSR count). The van der Waals surface area contributed by atoms with Gasteiger partial charge in [-0.3, -0.25) is 0 Å². The van der Waals surface area contributed by atoms with Gasteiger partial charge in [0.15, 0.2) is 5.65 Å². The van der Waals surface area contributed by atoms with E-state index in [0.717, 1.165) is 54.0 Å². The Kier molecular flexibility index (Phi) is 4.14. The van der Waals surface area contributed by atoms with Crippen LogP contribution in [0.2, 0.25) is 5.02 Å². The van der Waals surface area contributed by atoms with Gasteiger partial charge in [-0.15, -0.1) is 5.10 Å². The molecule has 7 heteroatoms. The molecule has 0 radical (unpaired) electrons. The van der Waals surface area contributed by atoms with Gasteiger partial charge >= 0.3 is 0 Å². The summed E-state index contributed by atoms with van der Waals surface area (Å²) in [6.07, 6.45) is 2.44. The van der Waals surface area contributed by atoms with Crippen molar-refractivity contribution in [2.45, 2.75) is 18.9 Å². The maximum Gasteiger partial charge on any atom is 0.186 e. The number of para-hydroxylation sites is 1. The Hall–Kier alpha value is -2.70. The van der Waals surface area contributed by atoms with E-state index >= 15 is 0 Å². The van der Waals surface area contributed by atoms with Crippen LogP contribution < -0.4 is 5.32 Å². The number of benzene rings is 2. The lowest BCUT2D eigenvalue weighted by Gasteiger charge is -2.13. The van der Waals surface area contributed by atoms with Crippen molar-refractivity contribution in [3.8, 4) is 11.3 Å². The minimum absolute atomic E-state index is 0.237. The van der Waals surface area contributed by atoms with Gasteiger partial charge in [0, 0.05) is 29.1 Å². The van der Waals surface area contributed by atoms with E-state index in [9.17, 15) is 0 Å². The Morgan fingerprint density at radius 1 is 1.15 bits per heavy atom. The van der Waals surface area contributed by atoms with Gasteiger partial charge in [-0.05, 0) is 37.1 Å². The molecule has 0 aliphatic carbocycles. The van der Waals surface area contributed by atoms with Crippen LogP contribution >= 0.6 is 11.6 Å². The van der Waals surface area contributed by atoms with Crippen molar-refractivity contribution in [1.82, 2.24) is 19.8 Å². The Bertz CT molecular complexity index is 1100. The van der Waals surface area contributed by atoms with Crippen LogP contribution in [0.4, 0.5) is 5.82 Å². The SMILES string of the molecule is Clc1ccc(-c2nnn3c2nc(NC[C@@H]2CCCO2)c2ccccc23)cc1. The number of nitrogens with zero attached hydrogens (tertiary/aromatic N) is 4. The fourth-order valence-corrected chi connectivity index (χ4v) is 3.64. The average molecular weight is 380 g/mol. The number of rotatable bonds is 4. The monoisotopic (exact) mass is 379 g/mol. The summed E-state index contributed by atoms with van der Waals surface area (Å²) in [5.74, 6) is 0.825. The van der Waals surface area contributed by atoms with Crippen LogP contribution in [0.3, 0.4) is 0 Å². The number of aromatic nitrogens is 4. The number of nitrogens with one attached hydrogen (secondary N) is 1. The van der Waals surface area contributed by atoms with Crippen LogP contribution in [0.1, 0.15) is 12.8 Å². The highest BCUT2D eigenvalue weighted by Gasteiger charge is 2.18. The van der Waals surface area contributed by atoms with Crippen LogP contribution in [0.15, 0.2) is 48.5 Å². The predicted molar refractivity (Wildman–Crippen MR) is 106 cm³/mol. The molecule has 1 saturated heterocycles. The molecule has 4 aromatic rings. The summed E-state index contributed by atoms with van der Waals surface area (Å²) in [6.45, 7) is 1.58. The molecular weight excluding hydrogens is 362 g/mol. The quantitative estimate of drug-likeness (QED) is 0.576. The lowest BCUT2D eigenvalue weighted by molar-refractivity contribution is 0.120. The Labute approximate surface area is 161 Å². The molecule has 0 bridgehead atoms. The topological polar surface area (TPSA) is 64.3 Å². The molecule has 27 heavy (non-hydrogen) atoms. The van der Waals surface area contributed by atoms with Crippen molar-refractivity contribution in [3.05, 3.63) is 53.6 Å². The van der Waals surface area contributed by atoms with Gasteiger partial charge in [-0.1, -0.05) is 41.1 Å². The van der Waals surface area contributed by atoms with Crippen molar-refractivity contribution >= 4 is 34.0 Å². The summed E-state index contributed by atoms with van der Waals surface area (Å²) in [5, 5.41) is 13.9. The van der Waals surface area contributed by atoms with E-state index in [4.69, 9.17) is 21.3 Å². The number of hydrogen-bond acceptors (Lipinski definition) is 5. The zero-order valence-corrected chi connectivity index (χ0v) is 15.4. The highest BCUT2D eigenvalue weighted by atomic mass is 35.5. The molecular formula is C20H18ClN5O. The molecule has 1 atom stereocenters. The minimum Gasteiger partial charge on any atom is -0.376 e. The zero-order chi connectivity index (χ0) is 18.2. The molecule has 0 amide bonds. The third kappa shape index (κ3) is 3.01. The van der Waals surface area contributed by atoms with Gasteiger partial charge < -0.3 is 10.1 Å². The van der Waals surface area contributed by atoms with E-state index in [-0.39, 0.29) is 6.10 Å². The molecule has 2 aromatic heterocycles. The second kappa shape index (κ2) is 6.79. The molecule has 2 aromatic carbocycles. The van der Waals surface area contributed by atoms with Gasteiger partial charge in [-0.25, -0.2) is 4.98 Å². The number of ether oxygens (including phenoxy) is 1. The van der Waals surface area contributed by atoms with E-state index in [0.29, 0.717) is 10.7 Å². The van der Waals surface area contributed by atoms with Gasteiger partial charge in [-0.2, -0.15) is 4.52 Å². The Balaban J connectivity index is 1.63. The van der Waals surface area contributed by atoms with Crippen LogP contribution in [0, 0.1) is 0 Å². The van der Waals surface area contributed by atoms with Gasteiger partial charge in [0.1, 0.15) is 11.5 Å². The van der Waals surface area contributed by atoms with Crippen LogP contribution in [0.25, 0.3) is 27.8 Å². The molecule has 1 aliphatic heterocycles. The van der Waals surface area contributed by atoms with E-state index < -0.39 is 0 Å². The van der Waals surface area contributed by atoms with E-state index in [1.807, 2.05) is 48.5 Å². The summed E-state index contributed by atoms with van der Waals surface area (Å²) in [6, 6.07) is 15.6. The lowest BCUT2D eigenvalue weighted by Crippen LogP contribution is -2.19. The molecule has 136 valence electrons. The summed E-state index contributed by atoms with van der Waals surface area (Å²) in [4.78, 5) is 4.86. The third-order valence-corrected chi connectivity index (χ3v) is 5.14. The molecule has 1 aliphatic rings. The van der Waals surface area contributed by atoms with Crippen molar-refractivity contribution in [3.63, 3.8) is 0 Å². The molecule has 0 spiro atoms. The predicted octanol–water partition coefficient (Wildman–Crippen LogP) is 4.19. The van der Waals surface area contributed by atoms with Gasteiger partial charge in [0.25, 0.3) is 0 Å². The van der Waals surface area contributed by atoms with Crippen LogP contribution in [-0.2, 0) is 4.74 Å². The van der Waals surface area contributed by atoms with Gasteiger partial charge in [0.05, 0.1) is 11.6 Å². The first-order valence-corrected chi connectivity index (χ1v) is 9.43. The average Bonchev–Trinajstić information content (AvgIpc) is 3.37. The van der Waals surface area contributed by atoms with Crippen molar-refractivity contribution < 1.29 is 4.74 Å². The van der Waals surface area contributed by atoms with Gasteiger partial charge in [0.2, 0.25) is 0 Å². The Morgan fingerprint density at radius 2 is 2.00 bits per heavy atom. The fourth-order valence-electron chi connectivity index (χ4n) is 3.51. The lowest BCUT2D eigenvalue weighted by atomic mass is 10.1. The number of halogens is 1. The third-order valence-electron chi connectivity index (χ3n) is 4.89. The largest absolute Gasteiger partial charge is 0.376 e. The second-order valence-electron chi connectivity index (χ2n) is 6.67. The van der Waals surface area contributed by atoms with E-state index in [2.05, 4.69) is 15.6 Å². The van der Waals surface area contributed by atoms with Crippen LogP contribution in [-0.4, -0.2) is 39.1 Å². The molecule has 0 unspecified atom stereocenters. The normalized spacial score (nSPS) is 17.0. The van der Waals surface area contributed by atoms with Crippen molar-refractivity contribution in [2.24, 2.45) is 0 Å². The number of hydrogen-bond donors (Lipinski definition) is 1. The van der Waals surface area contributed by atoms with E-state index in [1.54, 1.807) is 4.52 Å². The highest BCUT2D eigenvalue weighted by Crippen LogP contribution is 2.28. The zero-order valence-electron chi connectivity index (χ0n) is 14.6. The Morgan fingerprint density at radius 3 is 2.81 bits per heavy atom. The van der Waals surface area contributed by atoms with Crippen LogP contribution in [0.5, 0.6) is 0 Å². The standard InChI is InChI=1S/C20H18ClN5O/c21-14-9-7-13(8-10-14)18-20-23-19(22-12-15-4-3-11-27-15)16-5-1-2-6-17(16)26(20)25-24-18/h1-2,5-10,15H,3-4,11-12H2,(H,22,23)/t15-/m0/s1. The highest BCUT2D eigenvalue weighted by molar-refractivity contribution is 6.30. The second-order valence-corrected chi connectivity index (χ2v) is 7.11. The minimum atomic E-state index is 0.237. The number of fused-ring (bicyclic) bond motifs is 3. The number of anilines is 1. The summed E-state index contributed by atoms with van der Waals surface area (Å²) in [7, 11) is 0.